The molecule has 2 amide bonds. The Morgan fingerprint density at radius 2 is 1.95 bits per heavy atom. The summed E-state index contributed by atoms with van der Waals surface area (Å²) >= 11 is 0. The molecule has 0 bridgehead atoms. The maximum absolute atomic E-state index is 13.7. The van der Waals surface area contributed by atoms with Gasteiger partial charge in [0.2, 0.25) is 5.91 Å². The number of amides is 2. The van der Waals surface area contributed by atoms with Gasteiger partial charge < -0.3 is 20.1 Å². The lowest BCUT2D eigenvalue weighted by Crippen LogP contribution is -2.49. The van der Waals surface area contributed by atoms with Gasteiger partial charge in [0.1, 0.15) is 11.9 Å². The van der Waals surface area contributed by atoms with Crippen molar-refractivity contribution >= 4 is 17.5 Å². The minimum Gasteiger partial charge on any atom is -0.488 e. The van der Waals surface area contributed by atoms with E-state index in [1.165, 1.54) is 12.0 Å². The second-order valence-electron chi connectivity index (χ2n) is 10.7. The number of fused-ring (bicyclic) bond motifs is 1. The molecule has 1 aliphatic heterocycles. The van der Waals surface area contributed by atoms with Crippen molar-refractivity contribution in [3.63, 3.8) is 0 Å². The van der Waals surface area contributed by atoms with Crippen molar-refractivity contribution in [2.45, 2.75) is 64.6 Å². The van der Waals surface area contributed by atoms with Crippen LogP contribution in [0.15, 0.2) is 42.7 Å². The smallest absolute Gasteiger partial charge is 0.258 e. The lowest BCUT2D eigenvalue weighted by molar-refractivity contribution is -0.120. The predicted octanol–water partition coefficient (Wildman–Crippen LogP) is 3.95. The number of hydrogen-bond acceptors (Lipinski definition) is 6. The minimum atomic E-state index is -0.336. The molecule has 2 heterocycles. The van der Waals surface area contributed by atoms with Crippen molar-refractivity contribution in [3.05, 3.63) is 53.9 Å². The first kappa shape index (κ1) is 27.1. The van der Waals surface area contributed by atoms with E-state index in [0.717, 1.165) is 32.2 Å². The van der Waals surface area contributed by atoms with Crippen LogP contribution in [0.3, 0.4) is 0 Å². The Bertz CT molecular complexity index is 1060. The number of ether oxygens (including phenoxy) is 1. The monoisotopic (exact) mass is 508 g/mol. The molecule has 1 aromatic heterocycles. The van der Waals surface area contributed by atoms with Gasteiger partial charge >= 0.3 is 0 Å². The van der Waals surface area contributed by atoms with Gasteiger partial charge in [-0.05, 0) is 62.7 Å². The summed E-state index contributed by atoms with van der Waals surface area (Å²) in [6.45, 7) is 5.69. The summed E-state index contributed by atoms with van der Waals surface area (Å²) < 4.78 is 6.49. The van der Waals surface area contributed by atoms with E-state index in [0.29, 0.717) is 30.1 Å². The van der Waals surface area contributed by atoms with Gasteiger partial charge in [0, 0.05) is 49.6 Å². The Hall–Kier alpha value is -2.97. The fourth-order valence-electron chi connectivity index (χ4n) is 5.30. The van der Waals surface area contributed by atoms with E-state index in [-0.39, 0.29) is 42.4 Å². The van der Waals surface area contributed by atoms with E-state index >= 15 is 0 Å². The number of benzene rings is 1. The summed E-state index contributed by atoms with van der Waals surface area (Å²) in [5, 5.41) is 12.9. The largest absolute Gasteiger partial charge is 0.488 e. The number of anilines is 1. The molecular formula is C29H40N4O4. The Morgan fingerprint density at radius 1 is 1.22 bits per heavy atom. The molecule has 0 unspecified atom stereocenters. The fraction of sp³-hybridized carbons (Fsp3) is 0.552. The first-order chi connectivity index (χ1) is 17.9. The van der Waals surface area contributed by atoms with Crippen molar-refractivity contribution < 1.29 is 19.4 Å². The van der Waals surface area contributed by atoms with Gasteiger partial charge in [-0.25, -0.2) is 0 Å². The molecular weight excluding hydrogens is 468 g/mol. The number of rotatable bonds is 8. The standard InChI is InChI=1S/C29H40N4O4/c1-20-16-33(21(2)19-34)29(36)25-15-24(31-28(35)23-7-5-4-6-8-23)9-10-26(25)37-27(20)18-32(3)17-22-11-13-30-14-12-22/h9-15,20-21,23,27,34H,4-8,16-19H2,1-3H3,(H,31,35)/t20-,21+,27+/m0/s1. The van der Waals surface area contributed by atoms with Crippen LogP contribution in [-0.2, 0) is 11.3 Å². The SMILES string of the molecule is C[C@H](CO)N1C[C@H](C)[C@@H](CN(C)Cc2ccncc2)Oc2ccc(NC(=O)C3CCCCC3)cc2C1=O. The number of pyridine rings is 1. The molecule has 2 N–H and O–H groups in total. The summed E-state index contributed by atoms with van der Waals surface area (Å²) in [5.41, 5.74) is 2.18. The van der Waals surface area contributed by atoms with Crippen molar-refractivity contribution in [1.82, 2.24) is 14.8 Å². The summed E-state index contributed by atoms with van der Waals surface area (Å²) in [7, 11) is 2.05. The van der Waals surface area contributed by atoms with E-state index in [2.05, 4.69) is 29.2 Å². The summed E-state index contributed by atoms with van der Waals surface area (Å²) in [5.74, 6) is 0.389. The number of carbonyl (C=O) groups excluding carboxylic acids is 2. The lowest BCUT2D eigenvalue weighted by atomic mass is 9.88. The maximum Gasteiger partial charge on any atom is 0.258 e. The minimum absolute atomic E-state index is 0.0173. The van der Waals surface area contributed by atoms with E-state index in [4.69, 9.17) is 4.74 Å². The molecule has 2 aromatic rings. The Balaban J connectivity index is 1.57. The van der Waals surface area contributed by atoms with Gasteiger partial charge in [-0.2, -0.15) is 0 Å². The third-order valence-corrected chi connectivity index (χ3v) is 7.60. The number of aromatic nitrogens is 1. The van der Waals surface area contributed by atoms with Crippen molar-refractivity contribution in [2.75, 3.05) is 32.1 Å². The van der Waals surface area contributed by atoms with E-state index in [9.17, 15) is 14.7 Å². The molecule has 1 aliphatic carbocycles. The Morgan fingerprint density at radius 3 is 2.65 bits per heavy atom. The zero-order valence-corrected chi connectivity index (χ0v) is 22.2. The zero-order chi connectivity index (χ0) is 26.4. The molecule has 1 fully saturated rings. The normalized spacial score (nSPS) is 21.5. The molecule has 8 heteroatoms. The quantitative estimate of drug-likeness (QED) is 0.561. The molecule has 1 saturated carbocycles. The molecule has 37 heavy (non-hydrogen) atoms. The molecule has 2 aliphatic rings. The number of likely N-dealkylation sites (N-methyl/N-ethyl adjacent to an activating group) is 1. The van der Waals surface area contributed by atoms with Crippen LogP contribution in [0.25, 0.3) is 0 Å². The maximum atomic E-state index is 13.7. The number of aliphatic hydroxyl groups excluding tert-OH is 1. The van der Waals surface area contributed by atoms with Gasteiger partial charge in [-0.1, -0.05) is 26.2 Å². The van der Waals surface area contributed by atoms with E-state index in [1.54, 1.807) is 29.4 Å². The van der Waals surface area contributed by atoms with Crippen molar-refractivity contribution in [3.8, 4) is 5.75 Å². The van der Waals surface area contributed by atoms with Crippen LogP contribution in [0.1, 0.15) is 61.9 Å². The fourth-order valence-corrected chi connectivity index (χ4v) is 5.30. The molecule has 1 aromatic carbocycles. The topological polar surface area (TPSA) is 95.0 Å². The van der Waals surface area contributed by atoms with Gasteiger partial charge in [-0.15, -0.1) is 0 Å². The Labute approximate surface area is 220 Å². The molecule has 0 spiro atoms. The highest BCUT2D eigenvalue weighted by molar-refractivity contribution is 6.00. The molecule has 3 atom stereocenters. The number of nitrogens with one attached hydrogen (secondary N) is 1. The Kier molecular flexibility index (Phi) is 9.16. The van der Waals surface area contributed by atoms with Crippen molar-refractivity contribution in [2.24, 2.45) is 11.8 Å². The zero-order valence-electron chi connectivity index (χ0n) is 22.2. The van der Waals surface area contributed by atoms with Crippen molar-refractivity contribution in [1.29, 1.82) is 0 Å². The number of nitrogens with zero attached hydrogens (tertiary/aromatic N) is 3. The highest BCUT2D eigenvalue weighted by Gasteiger charge is 2.33. The molecule has 200 valence electrons. The summed E-state index contributed by atoms with van der Waals surface area (Å²) in [6, 6.07) is 9.00. The van der Waals surface area contributed by atoms with Crippen LogP contribution in [0.5, 0.6) is 5.75 Å². The first-order valence-electron chi connectivity index (χ1n) is 13.5. The average molecular weight is 509 g/mol. The molecule has 4 rings (SSSR count). The third kappa shape index (κ3) is 6.87. The summed E-state index contributed by atoms with van der Waals surface area (Å²) in [6.07, 6.45) is 8.58. The van der Waals surface area contributed by atoms with Crippen LogP contribution in [0, 0.1) is 11.8 Å². The van der Waals surface area contributed by atoms with E-state index < -0.39 is 0 Å². The lowest BCUT2D eigenvalue weighted by Gasteiger charge is -2.38. The van der Waals surface area contributed by atoms with E-state index in [1.807, 2.05) is 25.1 Å². The highest BCUT2D eigenvalue weighted by atomic mass is 16.5. The van der Waals surface area contributed by atoms with Gasteiger partial charge in [0.15, 0.2) is 0 Å². The first-order valence-corrected chi connectivity index (χ1v) is 13.5. The predicted molar refractivity (Wildman–Crippen MR) is 143 cm³/mol. The summed E-state index contributed by atoms with van der Waals surface area (Å²) in [4.78, 5) is 34.5. The van der Waals surface area contributed by atoms with Crippen LogP contribution < -0.4 is 10.1 Å². The third-order valence-electron chi connectivity index (χ3n) is 7.60. The second-order valence-corrected chi connectivity index (χ2v) is 10.7. The molecule has 0 radical (unpaired) electrons. The van der Waals surface area contributed by atoms with Crippen LogP contribution in [-0.4, -0.2) is 70.6 Å². The molecule has 0 saturated heterocycles. The van der Waals surface area contributed by atoms with Gasteiger partial charge in [0.05, 0.1) is 18.2 Å². The molecule has 8 nitrogen and oxygen atoms in total. The second kappa shape index (κ2) is 12.5. The average Bonchev–Trinajstić information content (AvgIpc) is 2.91. The highest BCUT2D eigenvalue weighted by Crippen LogP contribution is 2.32. The number of aliphatic hydroxyl groups is 1. The van der Waals surface area contributed by atoms with Crippen LogP contribution in [0.4, 0.5) is 5.69 Å². The number of carbonyl (C=O) groups is 2. The van der Waals surface area contributed by atoms with Gasteiger partial charge in [0.25, 0.3) is 5.91 Å². The van der Waals surface area contributed by atoms with Gasteiger partial charge in [-0.3, -0.25) is 19.5 Å². The van der Waals surface area contributed by atoms with Crippen LogP contribution in [0.2, 0.25) is 0 Å². The van der Waals surface area contributed by atoms with Crippen LogP contribution >= 0.6 is 0 Å². The number of hydrogen-bond donors (Lipinski definition) is 2.